The van der Waals surface area contributed by atoms with E-state index < -0.39 is 0 Å². The lowest BCUT2D eigenvalue weighted by Gasteiger charge is -2.36. The quantitative estimate of drug-likeness (QED) is 0.671. The number of amides is 2. The van der Waals surface area contributed by atoms with Crippen molar-refractivity contribution < 1.29 is 9.59 Å². The Kier molecular flexibility index (Phi) is 3.13. The predicted octanol–water partition coefficient (Wildman–Crippen LogP) is 2.27. The Morgan fingerprint density at radius 2 is 2.00 bits per heavy atom. The zero-order valence-electron chi connectivity index (χ0n) is 10.0. The summed E-state index contributed by atoms with van der Waals surface area (Å²) in [4.78, 5) is 25.2. The zero-order chi connectivity index (χ0) is 11.7. The maximum absolute atomic E-state index is 11.9. The third-order valence-electron chi connectivity index (χ3n) is 3.86. The lowest BCUT2D eigenvalue weighted by molar-refractivity contribution is -0.142. The van der Waals surface area contributed by atoms with E-state index in [1.165, 1.54) is 17.4 Å². The maximum atomic E-state index is 11.9. The molecule has 3 nitrogen and oxygen atoms in total. The van der Waals surface area contributed by atoms with E-state index in [0.29, 0.717) is 11.5 Å². The molecular formula is C13H19NO2. The Morgan fingerprint density at radius 1 is 1.31 bits per heavy atom. The molecule has 2 atom stereocenters. The predicted molar refractivity (Wildman–Crippen MR) is 61.6 cm³/mol. The molecule has 0 aromatic rings. The highest BCUT2D eigenvalue weighted by atomic mass is 16.2. The minimum atomic E-state index is -0.104. The van der Waals surface area contributed by atoms with E-state index in [1.807, 2.05) is 0 Å². The molecule has 3 heteroatoms. The third-order valence-corrected chi connectivity index (χ3v) is 3.86. The van der Waals surface area contributed by atoms with Gasteiger partial charge in [0, 0.05) is 17.7 Å². The molecular weight excluding hydrogens is 202 g/mol. The fourth-order valence-electron chi connectivity index (χ4n) is 2.92. The van der Waals surface area contributed by atoms with Gasteiger partial charge in [-0.1, -0.05) is 26.2 Å². The van der Waals surface area contributed by atoms with E-state index in [9.17, 15) is 9.59 Å². The molecule has 0 saturated heterocycles. The summed E-state index contributed by atoms with van der Waals surface area (Å²) < 4.78 is 0. The van der Waals surface area contributed by atoms with Gasteiger partial charge in [0.25, 0.3) is 11.8 Å². The number of hydrogen-bond donors (Lipinski definition) is 0. The number of carbonyl (C=O) groups excluding carboxylic acids is 2. The van der Waals surface area contributed by atoms with Gasteiger partial charge in [0.2, 0.25) is 0 Å². The van der Waals surface area contributed by atoms with Crippen molar-refractivity contribution in [1.29, 1.82) is 0 Å². The Hall–Kier alpha value is -1.12. The highest BCUT2D eigenvalue weighted by Gasteiger charge is 2.38. The van der Waals surface area contributed by atoms with Crippen molar-refractivity contribution in [2.75, 3.05) is 0 Å². The molecule has 2 amide bonds. The summed E-state index contributed by atoms with van der Waals surface area (Å²) >= 11 is 0. The van der Waals surface area contributed by atoms with Crippen LogP contribution in [0.15, 0.2) is 11.6 Å². The molecule has 0 N–H and O–H groups in total. The molecule has 0 spiro atoms. The molecule has 0 radical (unpaired) electrons. The zero-order valence-corrected chi connectivity index (χ0v) is 10.0. The minimum absolute atomic E-state index is 0.0737. The van der Waals surface area contributed by atoms with E-state index in [0.717, 1.165) is 25.7 Å². The highest BCUT2D eigenvalue weighted by molar-refractivity contribution is 6.16. The summed E-state index contributed by atoms with van der Waals surface area (Å²) in [7, 11) is 0. The van der Waals surface area contributed by atoms with Crippen LogP contribution >= 0.6 is 0 Å². The van der Waals surface area contributed by atoms with Crippen LogP contribution in [0.25, 0.3) is 0 Å². The molecule has 1 aliphatic heterocycles. The van der Waals surface area contributed by atoms with Gasteiger partial charge in [-0.05, 0) is 25.7 Å². The van der Waals surface area contributed by atoms with E-state index in [1.54, 1.807) is 6.92 Å². The first-order valence-electron chi connectivity index (χ1n) is 6.21. The standard InChI is InChI=1S/C13H19NO2/c1-3-10-6-4-5-7-11(10)14-12(15)8-9(2)13(14)16/h8,10-11H,3-7H2,1-2H3. The smallest absolute Gasteiger partial charge is 0.256 e. The minimum Gasteiger partial charge on any atom is -0.272 e. The summed E-state index contributed by atoms with van der Waals surface area (Å²) in [6.07, 6.45) is 7.04. The van der Waals surface area contributed by atoms with Crippen LogP contribution in [0.4, 0.5) is 0 Å². The molecule has 2 rings (SSSR count). The molecule has 1 heterocycles. The van der Waals surface area contributed by atoms with Gasteiger partial charge in [0.15, 0.2) is 0 Å². The van der Waals surface area contributed by atoms with E-state index in [-0.39, 0.29) is 17.9 Å². The van der Waals surface area contributed by atoms with E-state index >= 15 is 0 Å². The summed E-state index contributed by atoms with van der Waals surface area (Å²) in [5, 5.41) is 0. The van der Waals surface area contributed by atoms with Crippen molar-refractivity contribution in [2.45, 2.75) is 52.0 Å². The van der Waals surface area contributed by atoms with Crippen LogP contribution in [0.5, 0.6) is 0 Å². The number of imide groups is 1. The van der Waals surface area contributed by atoms with Gasteiger partial charge in [-0.25, -0.2) is 0 Å². The van der Waals surface area contributed by atoms with Crippen LogP contribution in [0.1, 0.15) is 46.0 Å². The average Bonchev–Trinajstić information content (AvgIpc) is 2.53. The fourth-order valence-corrected chi connectivity index (χ4v) is 2.92. The molecule has 1 saturated carbocycles. The Bertz CT molecular complexity index is 346. The molecule has 2 aliphatic rings. The van der Waals surface area contributed by atoms with Crippen LogP contribution in [-0.4, -0.2) is 22.8 Å². The van der Waals surface area contributed by atoms with Gasteiger partial charge in [-0.15, -0.1) is 0 Å². The van der Waals surface area contributed by atoms with Crippen molar-refractivity contribution >= 4 is 11.8 Å². The van der Waals surface area contributed by atoms with Gasteiger partial charge < -0.3 is 0 Å². The SMILES string of the molecule is CCC1CCCCC1N1C(=O)C=C(C)C1=O. The van der Waals surface area contributed by atoms with Crippen LogP contribution in [0.3, 0.4) is 0 Å². The first-order chi connectivity index (χ1) is 7.65. The molecule has 0 bridgehead atoms. The monoisotopic (exact) mass is 221 g/mol. The molecule has 0 aromatic heterocycles. The Morgan fingerprint density at radius 3 is 2.56 bits per heavy atom. The van der Waals surface area contributed by atoms with Crippen LogP contribution < -0.4 is 0 Å². The first-order valence-corrected chi connectivity index (χ1v) is 6.21. The fraction of sp³-hybridized carbons (Fsp3) is 0.692. The van der Waals surface area contributed by atoms with Crippen molar-refractivity contribution in [3.8, 4) is 0 Å². The lowest BCUT2D eigenvalue weighted by atomic mass is 9.82. The largest absolute Gasteiger partial charge is 0.272 e. The van der Waals surface area contributed by atoms with Crippen LogP contribution in [0.2, 0.25) is 0 Å². The summed E-state index contributed by atoms with van der Waals surface area (Å²) in [5.41, 5.74) is 0.588. The second-order valence-electron chi connectivity index (χ2n) is 4.86. The van der Waals surface area contributed by atoms with Crippen LogP contribution in [-0.2, 0) is 9.59 Å². The third kappa shape index (κ3) is 1.79. The maximum Gasteiger partial charge on any atom is 0.256 e. The average molecular weight is 221 g/mol. The summed E-state index contributed by atoms with van der Waals surface area (Å²) in [6, 6.07) is 0.146. The van der Waals surface area contributed by atoms with Gasteiger partial charge in [0.1, 0.15) is 0 Å². The Labute approximate surface area is 96.5 Å². The number of nitrogens with zero attached hydrogens (tertiary/aromatic N) is 1. The molecule has 1 aliphatic carbocycles. The van der Waals surface area contributed by atoms with Crippen LogP contribution in [0, 0.1) is 5.92 Å². The van der Waals surface area contributed by atoms with Crippen molar-refractivity contribution in [2.24, 2.45) is 5.92 Å². The Balaban J connectivity index is 2.18. The molecule has 1 fully saturated rings. The summed E-state index contributed by atoms with van der Waals surface area (Å²) in [6.45, 7) is 3.87. The van der Waals surface area contributed by atoms with Crippen molar-refractivity contribution in [1.82, 2.24) is 4.90 Å². The lowest BCUT2D eigenvalue weighted by Crippen LogP contribution is -2.46. The molecule has 0 aromatic carbocycles. The highest BCUT2D eigenvalue weighted by Crippen LogP contribution is 2.33. The second-order valence-corrected chi connectivity index (χ2v) is 4.86. The van der Waals surface area contributed by atoms with E-state index in [4.69, 9.17) is 0 Å². The number of carbonyl (C=O) groups is 2. The van der Waals surface area contributed by atoms with Gasteiger partial charge in [-0.2, -0.15) is 0 Å². The summed E-state index contributed by atoms with van der Waals surface area (Å²) in [5.74, 6) is 0.323. The van der Waals surface area contributed by atoms with E-state index in [2.05, 4.69) is 6.92 Å². The normalized spacial score (nSPS) is 30.9. The first kappa shape index (κ1) is 11.4. The molecule has 2 unspecified atom stereocenters. The molecule has 16 heavy (non-hydrogen) atoms. The van der Waals surface area contributed by atoms with Crippen molar-refractivity contribution in [3.05, 3.63) is 11.6 Å². The number of hydrogen-bond acceptors (Lipinski definition) is 2. The van der Waals surface area contributed by atoms with Gasteiger partial charge in [0.05, 0.1) is 0 Å². The molecule has 88 valence electrons. The van der Waals surface area contributed by atoms with Crippen molar-refractivity contribution in [3.63, 3.8) is 0 Å². The van der Waals surface area contributed by atoms with Gasteiger partial charge in [-0.3, -0.25) is 14.5 Å². The topological polar surface area (TPSA) is 37.4 Å². The number of rotatable bonds is 2. The van der Waals surface area contributed by atoms with Gasteiger partial charge >= 0.3 is 0 Å². The second kappa shape index (κ2) is 4.40.